The lowest BCUT2D eigenvalue weighted by Crippen LogP contribution is -2.11. The van der Waals surface area contributed by atoms with Gasteiger partial charge in [-0.2, -0.15) is 0 Å². The molecule has 0 saturated heterocycles. The number of rotatable bonds is 6. The Labute approximate surface area is 163 Å². The molecule has 4 aromatic rings. The molecule has 3 heterocycles. The molecule has 5 N–H and O–H groups in total. The summed E-state index contributed by atoms with van der Waals surface area (Å²) in [6, 6.07) is 9.03. The van der Waals surface area contributed by atoms with Crippen molar-refractivity contribution in [1.29, 1.82) is 0 Å². The zero-order valence-corrected chi connectivity index (χ0v) is 15.7. The fourth-order valence-electron chi connectivity index (χ4n) is 2.80. The van der Waals surface area contributed by atoms with Crippen molar-refractivity contribution in [2.75, 3.05) is 11.9 Å². The molecule has 3 aromatic heterocycles. The Morgan fingerprint density at radius 1 is 1.25 bits per heavy atom. The van der Waals surface area contributed by atoms with Crippen molar-refractivity contribution in [3.05, 3.63) is 53.3 Å². The number of anilines is 1. The summed E-state index contributed by atoms with van der Waals surface area (Å²) in [7, 11) is 0. The minimum absolute atomic E-state index is 0.290. The molecule has 0 aliphatic rings. The first-order valence-electron chi connectivity index (χ1n) is 8.54. The zero-order chi connectivity index (χ0) is 19.7. The molecule has 0 saturated carbocycles. The number of carbonyl (C=O) groups is 2. The van der Waals surface area contributed by atoms with E-state index in [4.69, 9.17) is 10.5 Å². The molecule has 0 unspecified atom stereocenters. The highest BCUT2D eigenvalue weighted by Gasteiger charge is 2.14. The van der Waals surface area contributed by atoms with Crippen molar-refractivity contribution < 1.29 is 14.3 Å². The molecule has 0 aliphatic carbocycles. The normalized spacial score (nSPS) is 10.9. The summed E-state index contributed by atoms with van der Waals surface area (Å²) >= 11 is 1.29. The number of amides is 2. The van der Waals surface area contributed by atoms with E-state index in [0.717, 1.165) is 22.2 Å². The Balaban J connectivity index is 1.51. The summed E-state index contributed by atoms with van der Waals surface area (Å²) in [5.41, 5.74) is 8.16. The minimum atomic E-state index is -0.540. The van der Waals surface area contributed by atoms with Crippen LogP contribution in [0.1, 0.15) is 27.9 Å². The summed E-state index contributed by atoms with van der Waals surface area (Å²) in [5, 5.41) is 5.95. The van der Waals surface area contributed by atoms with Gasteiger partial charge < -0.3 is 20.4 Å². The number of benzene rings is 1. The van der Waals surface area contributed by atoms with Crippen LogP contribution in [0.25, 0.3) is 22.2 Å². The number of hydrogen-bond donors (Lipinski definition) is 4. The molecule has 8 nitrogen and oxygen atoms in total. The summed E-state index contributed by atoms with van der Waals surface area (Å²) in [6.45, 7) is 2.50. The number of carbonyl (C=O) groups excluding carboxylic acids is 2. The smallest absolute Gasteiger partial charge is 0.273 e. The largest absolute Gasteiger partial charge is 0.494 e. The number of hydrogen-bond acceptors (Lipinski definition) is 5. The third-order valence-electron chi connectivity index (χ3n) is 4.12. The third-order valence-corrected chi connectivity index (χ3v) is 4.88. The summed E-state index contributed by atoms with van der Waals surface area (Å²) < 4.78 is 5.48. The van der Waals surface area contributed by atoms with Gasteiger partial charge in [0, 0.05) is 34.1 Å². The second-order valence-electron chi connectivity index (χ2n) is 6.02. The summed E-state index contributed by atoms with van der Waals surface area (Å²) in [5.74, 6) is -0.0847. The molecule has 0 spiro atoms. The number of primary amides is 1. The van der Waals surface area contributed by atoms with Crippen LogP contribution in [0, 0.1) is 0 Å². The lowest BCUT2D eigenvalue weighted by Gasteiger charge is -2.01. The average molecular weight is 395 g/mol. The van der Waals surface area contributed by atoms with Crippen LogP contribution in [0.2, 0.25) is 0 Å². The van der Waals surface area contributed by atoms with Gasteiger partial charge in [0.2, 0.25) is 0 Å². The van der Waals surface area contributed by atoms with E-state index in [1.807, 2.05) is 25.1 Å². The van der Waals surface area contributed by atoms with Gasteiger partial charge in [-0.25, -0.2) is 4.98 Å². The number of nitrogens with two attached hydrogens (primary N) is 1. The Morgan fingerprint density at radius 2 is 2.11 bits per heavy atom. The van der Waals surface area contributed by atoms with Crippen molar-refractivity contribution in [2.45, 2.75) is 6.92 Å². The Hall–Kier alpha value is -3.59. The predicted molar refractivity (Wildman–Crippen MR) is 108 cm³/mol. The van der Waals surface area contributed by atoms with Crippen LogP contribution in [0.5, 0.6) is 5.75 Å². The van der Waals surface area contributed by atoms with E-state index in [9.17, 15) is 9.59 Å². The van der Waals surface area contributed by atoms with Crippen molar-refractivity contribution >= 4 is 39.2 Å². The fraction of sp³-hybridized carbons (Fsp3) is 0.105. The van der Waals surface area contributed by atoms with E-state index in [1.165, 1.54) is 11.3 Å². The zero-order valence-electron chi connectivity index (χ0n) is 14.9. The second kappa shape index (κ2) is 7.20. The fourth-order valence-corrected chi connectivity index (χ4v) is 3.51. The van der Waals surface area contributed by atoms with Crippen LogP contribution < -0.4 is 15.8 Å². The van der Waals surface area contributed by atoms with Crippen LogP contribution in [0.15, 0.2) is 41.9 Å². The van der Waals surface area contributed by atoms with E-state index < -0.39 is 5.91 Å². The maximum Gasteiger partial charge on any atom is 0.273 e. The second-order valence-corrected chi connectivity index (χ2v) is 6.88. The topological polar surface area (TPSA) is 126 Å². The van der Waals surface area contributed by atoms with Gasteiger partial charge in [0.05, 0.1) is 12.3 Å². The highest BCUT2D eigenvalue weighted by atomic mass is 32.1. The number of H-pyrrole nitrogens is 2. The van der Waals surface area contributed by atoms with Gasteiger partial charge in [-0.1, -0.05) is 0 Å². The van der Waals surface area contributed by atoms with Crippen LogP contribution >= 0.6 is 11.3 Å². The van der Waals surface area contributed by atoms with Gasteiger partial charge in [0.1, 0.15) is 17.1 Å². The van der Waals surface area contributed by atoms with Crippen LogP contribution in [0.4, 0.5) is 5.13 Å². The number of nitrogens with zero attached hydrogens (tertiary/aromatic N) is 1. The van der Waals surface area contributed by atoms with Gasteiger partial charge >= 0.3 is 0 Å². The van der Waals surface area contributed by atoms with E-state index in [-0.39, 0.29) is 5.91 Å². The molecule has 0 radical (unpaired) electrons. The van der Waals surface area contributed by atoms with Gasteiger partial charge in [-0.3, -0.25) is 14.9 Å². The average Bonchev–Trinajstić information content (AvgIpc) is 3.40. The lowest BCUT2D eigenvalue weighted by molar-refractivity contribution is 0.0993. The third kappa shape index (κ3) is 3.47. The standard InChI is InChI=1S/C19H17N5O3S/c1-2-27-12-4-3-10-5-15(22-13(10)7-12)18(26)24-19-23-16(9-28-19)11-6-14(17(20)25)21-8-11/h3-9,21-22H,2H2,1H3,(H2,20,25)(H,23,24,26). The molecule has 28 heavy (non-hydrogen) atoms. The highest BCUT2D eigenvalue weighted by Crippen LogP contribution is 2.26. The number of nitrogens with one attached hydrogen (secondary N) is 3. The number of ether oxygens (including phenoxy) is 1. The quantitative estimate of drug-likeness (QED) is 0.399. The van der Waals surface area contributed by atoms with Crippen LogP contribution in [-0.4, -0.2) is 33.4 Å². The number of aromatic amines is 2. The van der Waals surface area contributed by atoms with Crippen molar-refractivity contribution in [3.8, 4) is 17.0 Å². The maximum absolute atomic E-state index is 12.6. The van der Waals surface area contributed by atoms with E-state index >= 15 is 0 Å². The van der Waals surface area contributed by atoms with E-state index in [2.05, 4.69) is 20.3 Å². The monoisotopic (exact) mass is 395 g/mol. The van der Waals surface area contributed by atoms with Gasteiger partial charge in [-0.15, -0.1) is 11.3 Å². The summed E-state index contributed by atoms with van der Waals surface area (Å²) in [4.78, 5) is 34.0. The van der Waals surface area contributed by atoms with Gasteiger partial charge in [0.15, 0.2) is 5.13 Å². The molecule has 0 aliphatic heterocycles. The van der Waals surface area contributed by atoms with Crippen molar-refractivity contribution in [2.24, 2.45) is 5.73 Å². The first kappa shape index (κ1) is 17.8. The maximum atomic E-state index is 12.6. The van der Waals surface area contributed by atoms with Gasteiger partial charge in [0.25, 0.3) is 11.8 Å². The predicted octanol–water partition coefficient (Wildman–Crippen LogP) is 3.37. The highest BCUT2D eigenvalue weighted by molar-refractivity contribution is 7.14. The molecule has 0 bridgehead atoms. The summed E-state index contributed by atoms with van der Waals surface area (Å²) in [6.07, 6.45) is 1.65. The minimum Gasteiger partial charge on any atom is -0.494 e. The Kier molecular flexibility index (Phi) is 4.58. The lowest BCUT2D eigenvalue weighted by atomic mass is 10.2. The first-order chi connectivity index (χ1) is 13.5. The SMILES string of the molecule is CCOc1ccc2cc(C(=O)Nc3nc(-c4c[nH]c(C(N)=O)c4)cs3)[nH]c2c1. The van der Waals surface area contributed by atoms with Crippen molar-refractivity contribution in [3.63, 3.8) is 0 Å². The Bertz CT molecular complexity index is 1170. The van der Waals surface area contributed by atoms with E-state index in [1.54, 1.807) is 23.7 Å². The molecule has 142 valence electrons. The van der Waals surface area contributed by atoms with E-state index in [0.29, 0.717) is 28.8 Å². The number of fused-ring (bicyclic) bond motifs is 1. The number of thiazole rings is 1. The molecule has 1 aromatic carbocycles. The number of aromatic nitrogens is 3. The molecule has 4 rings (SSSR count). The van der Waals surface area contributed by atoms with Crippen LogP contribution in [-0.2, 0) is 0 Å². The Morgan fingerprint density at radius 3 is 2.86 bits per heavy atom. The molecular formula is C19H17N5O3S. The van der Waals surface area contributed by atoms with Crippen molar-refractivity contribution in [1.82, 2.24) is 15.0 Å². The van der Waals surface area contributed by atoms with Gasteiger partial charge in [-0.05, 0) is 31.2 Å². The molecule has 2 amide bonds. The molecule has 9 heteroatoms. The first-order valence-corrected chi connectivity index (χ1v) is 9.42. The molecular weight excluding hydrogens is 378 g/mol. The van der Waals surface area contributed by atoms with Crippen LogP contribution in [0.3, 0.4) is 0 Å². The molecule has 0 fully saturated rings. The molecule has 0 atom stereocenters.